The second-order valence-electron chi connectivity index (χ2n) is 4.50. The lowest BCUT2D eigenvalue weighted by Crippen LogP contribution is -2.01. The van der Waals surface area contributed by atoms with Crippen LogP contribution in [0.15, 0.2) is 18.2 Å². The van der Waals surface area contributed by atoms with Gasteiger partial charge in [-0.1, -0.05) is 6.92 Å². The molecule has 0 atom stereocenters. The SMILES string of the molecule is CCc1[nH]nc2c1c(N)nc1ccc(C(=O)OC)cc12. The molecule has 0 saturated carbocycles. The lowest BCUT2D eigenvalue weighted by atomic mass is 10.1. The number of aryl methyl sites for hydroxylation is 1. The average molecular weight is 270 g/mol. The number of hydrogen-bond acceptors (Lipinski definition) is 5. The highest BCUT2D eigenvalue weighted by atomic mass is 16.5. The van der Waals surface area contributed by atoms with Crippen LogP contribution in [0.3, 0.4) is 0 Å². The van der Waals surface area contributed by atoms with E-state index in [2.05, 4.69) is 15.2 Å². The zero-order valence-electron chi connectivity index (χ0n) is 11.2. The predicted molar refractivity (Wildman–Crippen MR) is 76.5 cm³/mol. The van der Waals surface area contributed by atoms with E-state index in [1.807, 2.05) is 6.92 Å². The molecule has 6 nitrogen and oxygen atoms in total. The van der Waals surface area contributed by atoms with Gasteiger partial charge in [-0.15, -0.1) is 0 Å². The van der Waals surface area contributed by atoms with Crippen LogP contribution in [-0.2, 0) is 11.2 Å². The van der Waals surface area contributed by atoms with E-state index in [4.69, 9.17) is 10.5 Å². The van der Waals surface area contributed by atoms with E-state index in [-0.39, 0.29) is 5.97 Å². The molecular weight excluding hydrogens is 256 g/mol. The van der Waals surface area contributed by atoms with Gasteiger partial charge in [-0.05, 0) is 24.6 Å². The zero-order chi connectivity index (χ0) is 14.3. The summed E-state index contributed by atoms with van der Waals surface area (Å²) in [4.78, 5) is 16.0. The minimum atomic E-state index is -0.386. The minimum Gasteiger partial charge on any atom is -0.465 e. The molecule has 102 valence electrons. The molecule has 0 fully saturated rings. The number of benzene rings is 1. The van der Waals surface area contributed by atoms with Crippen LogP contribution in [-0.4, -0.2) is 28.3 Å². The summed E-state index contributed by atoms with van der Waals surface area (Å²) < 4.78 is 4.74. The van der Waals surface area contributed by atoms with Gasteiger partial charge in [0, 0.05) is 11.1 Å². The molecule has 2 aromatic heterocycles. The van der Waals surface area contributed by atoms with Gasteiger partial charge >= 0.3 is 5.97 Å². The molecule has 1 aromatic carbocycles. The van der Waals surface area contributed by atoms with Gasteiger partial charge in [-0.3, -0.25) is 5.10 Å². The molecule has 0 unspecified atom stereocenters. The summed E-state index contributed by atoms with van der Waals surface area (Å²) in [5.41, 5.74) is 8.85. The predicted octanol–water partition coefficient (Wildman–Crippen LogP) is 2.04. The van der Waals surface area contributed by atoms with Gasteiger partial charge in [0.1, 0.15) is 11.3 Å². The Kier molecular flexibility index (Phi) is 2.78. The molecule has 3 N–H and O–H groups in total. The maximum atomic E-state index is 11.6. The molecule has 0 spiro atoms. The molecule has 2 heterocycles. The van der Waals surface area contributed by atoms with Gasteiger partial charge < -0.3 is 10.5 Å². The van der Waals surface area contributed by atoms with E-state index >= 15 is 0 Å². The number of esters is 1. The molecule has 6 heteroatoms. The lowest BCUT2D eigenvalue weighted by Gasteiger charge is -2.04. The minimum absolute atomic E-state index is 0.386. The highest BCUT2D eigenvalue weighted by Crippen LogP contribution is 2.29. The average Bonchev–Trinajstić information content (AvgIpc) is 2.91. The standard InChI is InChI=1S/C14H14N4O2/c1-3-9-11-12(18-17-9)8-6-7(14(19)20-2)4-5-10(8)16-13(11)15/h4-6H,3H2,1-2H3,(H2,15,16)(H,17,18). The summed E-state index contributed by atoms with van der Waals surface area (Å²) in [5, 5.41) is 8.89. The quantitative estimate of drug-likeness (QED) is 0.695. The van der Waals surface area contributed by atoms with Crippen molar-refractivity contribution in [2.75, 3.05) is 12.8 Å². The maximum absolute atomic E-state index is 11.6. The number of methoxy groups -OCH3 is 1. The maximum Gasteiger partial charge on any atom is 0.337 e. The number of H-pyrrole nitrogens is 1. The van der Waals surface area contributed by atoms with E-state index in [0.717, 1.165) is 28.4 Å². The van der Waals surface area contributed by atoms with Crippen molar-refractivity contribution in [1.82, 2.24) is 15.2 Å². The zero-order valence-corrected chi connectivity index (χ0v) is 11.2. The summed E-state index contributed by atoms with van der Waals surface area (Å²) in [6, 6.07) is 5.15. The fourth-order valence-corrected chi connectivity index (χ4v) is 2.36. The number of ether oxygens (including phenoxy) is 1. The van der Waals surface area contributed by atoms with E-state index < -0.39 is 0 Å². The molecule has 0 aliphatic heterocycles. The summed E-state index contributed by atoms with van der Waals surface area (Å²) in [6.45, 7) is 2.02. The van der Waals surface area contributed by atoms with Crippen LogP contribution in [0.5, 0.6) is 0 Å². The molecule has 0 radical (unpaired) electrons. The number of nitrogens with zero attached hydrogens (tertiary/aromatic N) is 2. The first kappa shape index (κ1) is 12.4. The third-order valence-corrected chi connectivity index (χ3v) is 3.36. The van der Waals surface area contributed by atoms with Gasteiger partial charge in [0.25, 0.3) is 0 Å². The number of nitrogens with two attached hydrogens (primary N) is 1. The van der Waals surface area contributed by atoms with Crippen molar-refractivity contribution in [3.63, 3.8) is 0 Å². The van der Waals surface area contributed by atoms with Crippen LogP contribution in [0.2, 0.25) is 0 Å². The summed E-state index contributed by atoms with van der Waals surface area (Å²) in [7, 11) is 1.35. The van der Waals surface area contributed by atoms with Gasteiger partial charge in [0.15, 0.2) is 0 Å². The van der Waals surface area contributed by atoms with Gasteiger partial charge in [-0.2, -0.15) is 5.10 Å². The Hall–Kier alpha value is -2.63. The van der Waals surface area contributed by atoms with Gasteiger partial charge in [0.2, 0.25) is 0 Å². The number of rotatable bonds is 2. The summed E-state index contributed by atoms with van der Waals surface area (Å²) >= 11 is 0. The number of nitrogen functional groups attached to an aromatic ring is 1. The normalized spacial score (nSPS) is 11.1. The Labute approximate surface area is 114 Å². The number of hydrogen-bond donors (Lipinski definition) is 2. The van der Waals surface area contributed by atoms with Crippen LogP contribution >= 0.6 is 0 Å². The van der Waals surface area contributed by atoms with Crippen molar-refractivity contribution in [1.29, 1.82) is 0 Å². The number of anilines is 1. The van der Waals surface area contributed by atoms with Crippen molar-refractivity contribution >= 4 is 33.6 Å². The van der Waals surface area contributed by atoms with Gasteiger partial charge in [-0.25, -0.2) is 9.78 Å². The van der Waals surface area contributed by atoms with Crippen LogP contribution in [0.1, 0.15) is 23.0 Å². The number of aromatic amines is 1. The fourth-order valence-electron chi connectivity index (χ4n) is 2.36. The second-order valence-corrected chi connectivity index (χ2v) is 4.50. The highest BCUT2D eigenvalue weighted by molar-refractivity contribution is 6.10. The Bertz CT molecular complexity index is 823. The van der Waals surface area contributed by atoms with Crippen LogP contribution < -0.4 is 5.73 Å². The Balaban J connectivity index is 2.38. The summed E-state index contributed by atoms with van der Waals surface area (Å²) in [6.07, 6.45) is 0.782. The fraction of sp³-hybridized carbons (Fsp3) is 0.214. The number of aromatic nitrogens is 3. The number of fused-ring (bicyclic) bond motifs is 3. The lowest BCUT2D eigenvalue weighted by molar-refractivity contribution is 0.0601. The van der Waals surface area contributed by atoms with Gasteiger partial charge in [0.05, 0.1) is 23.6 Å². The second kappa shape index (κ2) is 4.48. The van der Waals surface area contributed by atoms with E-state index in [1.165, 1.54) is 7.11 Å². The van der Waals surface area contributed by atoms with Crippen molar-refractivity contribution < 1.29 is 9.53 Å². The largest absolute Gasteiger partial charge is 0.465 e. The topological polar surface area (TPSA) is 93.9 Å². The molecular formula is C14H14N4O2. The molecule has 20 heavy (non-hydrogen) atoms. The van der Waals surface area contributed by atoms with Crippen LogP contribution in [0, 0.1) is 0 Å². The first-order valence-corrected chi connectivity index (χ1v) is 6.30. The Morgan fingerprint density at radius 2 is 2.25 bits per heavy atom. The number of pyridine rings is 1. The van der Waals surface area contributed by atoms with Crippen molar-refractivity contribution in [2.24, 2.45) is 0 Å². The first-order chi connectivity index (χ1) is 9.65. The molecule has 3 aromatic rings. The summed E-state index contributed by atoms with van der Waals surface area (Å²) in [5.74, 6) is 0.0621. The highest BCUT2D eigenvalue weighted by Gasteiger charge is 2.15. The van der Waals surface area contributed by atoms with Crippen LogP contribution in [0.25, 0.3) is 21.8 Å². The third kappa shape index (κ3) is 1.69. The molecule has 0 aliphatic carbocycles. The monoisotopic (exact) mass is 270 g/mol. The molecule has 0 aliphatic rings. The van der Waals surface area contributed by atoms with Crippen molar-refractivity contribution in [3.05, 3.63) is 29.5 Å². The Morgan fingerprint density at radius 3 is 2.95 bits per heavy atom. The molecule has 0 amide bonds. The van der Waals surface area contributed by atoms with E-state index in [9.17, 15) is 4.79 Å². The first-order valence-electron chi connectivity index (χ1n) is 6.30. The Morgan fingerprint density at radius 1 is 1.45 bits per heavy atom. The number of nitrogens with one attached hydrogen (secondary N) is 1. The molecule has 0 saturated heterocycles. The molecule has 0 bridgehead atoms. The van der Waals surface area contributed by atoms with E-state index in [1.54, 1.807) is 18.2 Å². The van der Waals surface area contributed by atoms with Crippen molar-refractivity contribution in [2.45, 2.75) is 13.3 Å². The van der Waals surface area contributed by atoms with E-state index in [0.29, 0.717) is 16.9 Å². The number of carbonyl (C=O) groups excluding carboxylic acids is 1. The van der Waals surface area contributed by atoms with Crippen molar-refractivity contribution in [3.8, 4) is 0 Å². The molecule has 3 rings (SSSR count). The van der Waals surface area contributed by atoms with Crippen LogP contribution in [0.4, 0.5) is 5.82 Å². The third-order valence-electron chi connectivity index (χ3n) is 3.36. The smallest absolute Gasteiger partial charge is 0.337 e. The number of carbonyl (C=O) groups is 1.